The van der Waals surface area contributed by atoms with Crippen LogP contribution in [0.4, 0.5) is 10.1 Å². The molecule has 0 saturated carbocycles. The molecule has 0 bridgehead atoms. The summed E-state index contributed by atoms with van der Waals surface area (Å²) < 4.78 is 39.4. The molecular weight excluding hydrogens is 351 g/mol. The number of likely N-dealkylation sites (N-methyl/N-ethyl adjacent to an activating group) is 1. The van der Waals surface area contributed by atoms with E-state index in [-0.39, 0.29) is 9.79 Å². The van der Waals surface area contributed by atoms with E-state index in [0.29, 0.717) is 18.0 Å². The molecule has 1 fully saturated rings. The quantitative estimate of drug-likeness (QED) is 0.876. The van der Waals surface area contributed by atoms with Crippen LogP contribution in [0.2, 0.25) is 0 Å². The lowest BCUT2D eigenvalue weighted by Crippen LogP contribution is -2.34. The Bertz CT molecular complexity index is 945. The van der Waals surface area contributed by atoms with E-state index in [1.54, 1.807) is 12.1 Å². The summed E-state index contributed by atoms with van der Waals surface area (Å²) in [6.07, 6.45) is 2.01. The van der Waals surface area contributed by atoms with Gasteiger partial charge in [-0.05, 0) is 68.3 Å². The lowest BCUT2D eigenvalue weighted by Gasteiger charge is -2.26. The fraction of sp³-hybridized carbons (Fsp3) is 0.400. The smallest absolute Gasteiger partial charge is 0.206 e. The first-order chi connectivity index (χ1) is 12.4. The lowest BCUT2D eigenvalue weighted by molar-refractivity contribution is 0.487. The molecule has 4 nitrogen and oxygen atoms in total. The topological polar surface area (TPSA) is 49.4 Å². The van der Waals surface area contributed by atoms with Gasteiger partial charge in [0.1, 0.15) is 5.82 Å². The van der Waals surface area contributed by atoms with Gasteiger partial charge < -0.3 is 10.2 Å². The number of nitrogens with zero attached hydrogens (tertiary/aromatic N) is 1. The number of hydrogen-bond acceptors (Lipinski definition) is 4. The van der Waals surface area contributed by atoms with Crippen molar-refractivity contribution in [3.8, 4) is 0 Å². The molecule has 4 rings (SSSR count). The van der Waals surface area contributed by atoms with Gasteiger partial charge in [-0.1, -0.05) is 6.07 Å². The minimum atomic E-state index is -3.73. The summed E-state index contributed by atoms with van der Waals surface area (Å²) >= 11 is 0. The summed E-state index contributed by atoms with van der Waals surface area (Å²) in [4.78, 5) is 2.51. The van der Waals surface area contributed by atoms with Crippen LogP contribution in [0.1, 0.15) is 31.2 Å². The SMILES string of the molecule is CC1C[C@H]2[C@@H](CCN1)c1cc(S(=O)(=O)c3cccc(F)c3)ccc1N2C. The highest BCUT2D eigenvalue weighted by molar-refractivity contribution is 7.91. The minimum Gasteiger partial charge on any atom is -0.371 e. The van der Waals surface area contributed by atoms with Crippen molar-refractivity contribution in [3.05, 3.63) is 53.8 Å². The summed E-state index contributed by atoms with van der Waals surface area (Å²) in [7, 11) is -1.65. The van der Waals surface area contributed by atoms with Crippen LogP contribution in [-0.2, 0) is 9.84 Å². The van der Waals surface area contributed by atoms with Crippen molar-refractivity contribution in [2.24, 2.45) is 0 Å². The van der Waals surface area contributed by atoms with Crippen LogP contribution in [0, 0.1) is 5.82 Å². The highest BCUT2D eigenvalue weighted by atomic mass is 32.2. The normalized spacial score (nSPS) is 25.5. The third-order valence-electron chi connectivity index (χ3n) is 5.70. The third kappa shape index (κ3) is 2.81. The van der Waals surface area contributed by atoms with E-state index < -0.39 is 15.7 Å². The van der Waals surface area contributed by atoms with Crippen LogP contribution in [0.25, 0.3) is 0 Å². The molecule has 1 unspecified atom stereocenters. The molecule has 0 aliphatic carbocycles. The van der Waals surface area contributed by atoms with Crippen LogP contribution in [-0.4, -0.2) is 34.1 Å². The Morgan fingerprint density at radius 1 is 1.15 bits per heavy atom. The van der Waals surface area contributed by atoms with Crippen molar-refractivity contribution in [3.63, 3.8) is 0 Å². The zero-order valence-electron chi connectivity index (χ0n) is 14.9. The van der Waals surface area contributed by atoms with Gasteiger partial charge in [0.25, 0.3) is 0 Å². The van der Waals surface area contributed by atoms with Crippen molar-refractivity contribution >= 4 is 15.5 Å². The number of nitrogens with one attached hydrogen (secondary N) is 1. The fourth-order valence-corrected chi connectivity index (χ4v) is 5.67. The van der Waals surface area contributed by atoms with Gasteiger partial charge in [-0.15, -0.1) is 0 Å². The molecule has 3 atom stereocenters. The van der Waals surface area contributed by atoms with Crippen LogP contribution in [0.3, 0.4) is 0 Å². The summed E-state index contributed by atoms with van der Waals surface area (Å²) in [5, 5.41) is 3.51. The monoisotopic (exact) mass is 374 g/mol. The van der Waals surface area contributed by atoms with Crippen LogP contribution in [0.5, 0.6) is 0 Å². The number of rotatable bonds is 2. The van der Waals surface area contributed by atoms with Crippen LogP contribution in [0.15, 0.2) is 52.3 Å². The largest absolute Gasteiger partial charge is 0.371 e. The fourth-order valence-electron chi connectivity index (χ4n) is 4.35. The summed E-state index contributed by atoms with van der Waals surface area (Å²) in [6, 6.07) is 11.4. The molecule has 26 heavy (non-hydrogen) atoms. The van der Waals surface area contributed by atoms with Crippen molar-refractivity contribution in [1.82, 2.24) is 5.32 Å². The number of hydrogen-bond donors (Lipinski definition) is 1. The van der Waals surface area contributed by atoms with E-state index >= 15 is 0 Å². The predicted molar refractivity (Wildman–Crippen MR) is 99.9 cm³/mol. The van der Waals surface area contributed by atoms with Gasteiger partial charge in [-0.3, -0.25) is 0 Å². The Morgan fingerprint density at radius 3 is 2.69 bits per heavy atom. The van der Waals surface area contributed by atoms with E-state index in [2.05, 4.69) is 24.2 Å². The minimum absolute atomic E-state index is 0.00323. The Balaban J connectivity index is 1.77. The van der Waals surface area contributed by atoms with Crippen molar-refractivity contribution in [2.75, 3.05) is 18.5 Å². The maximum atomic E-state index is 13.5. The molecule has 0 spiro atoms. The molecule has 0 aromatic heterocycles. The Labute approximate surface area is 153 Å². The summed E-state index contributed by atoms with van der Waals surface area (Å²) in [5.74, 6) is -0.231. The molecular formula is C20H23FN2O2S. The molecule has 2 heterocycles. The second-order valence-electron chi connectivity index (χ2n) is 7.35. The molecule has 6 heteroatoms. The first-order valence-electron chi connectivity index (χ1n) is 8.99. The molecule has 1 saturated heterocycles. The molecule has 2 aromatic rings. The summed E-state index contributed by atoms with van der Waals surface area (Å²) in [5.41, 5.74) is 2.19. The standard InChI is InChI=1S/C20H23FN2O2S/c1-13-10-20-17(8-9-22-13)18-12-16(6-7-19(18)23(20)2)26(24,25)15-5-3-4-14(21)11-15/h3-7,11-13,17,20,22H,8-10H2,1-2H3/t13?,17-,20-/m0/s1. The van der Waals surface area contributed by atoms with Gasteiger partial charge in [-0.2, -0.15) is 0 Å². The molecule has 1 N–H and O–H groups in total. The van der Waals surface area contributed by atoms with E-state index in [4.69, 9.17) is 0 Å². The highest BCUT2D eigenvalue weighted by Gasteiger charge is 2.39. The Morgan fingerprint density at radius 2 is 1.92 bits per heavy atom. The number of anilines is 1. The van der Waals surface area contributed by atoms with Crippen LogP contribution < -0.4 is 10.2 Å². The maximum absolute atomic E-state index is 13.5. The number of halogens is 1. The van der Waals surface area contributed by atoms with Crippen molar-refractivity contribution in [2.45, 2.75) is 47.6 Å². The first-order valence-corrected chi connectivity index (χ1v) is 10.5. The second-order valence-corrected chi connectivity index (χ2v) is 9.30. The molecule has 0 radical (unpaired) electrons. The first kappa shape index (κ1) is 17.5. The number of sulfone groups is 1. The Hall–Kier alpha value is -1.92. The highest BCUT2D eigenvalue weighted by Crippen LogP contribution is 2.45. The lowest BCUT2D eigenvalue weighted by atomic mass is 9.90. The summed E-state index contributed by atoms with van der Waals surface area (Å²) in [6.45, 7) is 3.12. The average Bonchev–Trinajstić information content (AvgIpc) is 2.76. The van der Waals surface area contributed by atoms with Gasteiger partial charge in [0.05, 0.1) is 9.79 Å². The van der Waals surface area contributed by atoms with Crippen molar-refractivity contribution < 1.29 is 12.8 Å². The van der Waals surface area contributed by atoms with Gasteiger partial charge in [0, 0.05) is 30.7 Å². The van der Waals surface area contributed by atoms with Crippen molar-refractivity contribution in [1.29, 1.82) is 0 Å². The molecule has 0 amide bonds. The van der Waals surface area contributed by atoms with Gasteiger partial charge >= 0.3 is 0 Å². The number of benzene rings is 2. The predicted octanol–water partition coefficient (Wildman–Crippen LogP) is 3.33. The van der Waals surface area contributed by atoms with E-state index in [9.17, 15) is 12.8 Å². The van der Waals surface area contributed by atoms with Gasteiger partial charge in [0.15, 0.2) is 0 Å². The van der Waals surface area contributed by atoms with E-state index in [1.165, 1.54) is 18.2 Å². The van der Waals surface area contributed by atoms with E-state index in [1.807, 2.05) is 6.07 Å². The van der Waals surface area contributed by atoms with E-state index in [0.717, 1.165) is 36.7 Å². The molecule has 138 valence electrons. The molecule has 2 aliphatic rings. The molecule has 2 aromatic carbocycles. The third-order valence-corrected chi connectivity index (χ3v) is 7.45. The zero-order chi connectivity index (χ0) is 18.5. The van der Waals surface area contributed by atoms with Crippen LogP contribution >= 0.6 is 0 Å². The van der Waals surface area contributed by atoms with Gasteiger partial charge in [-0.25, -0.2) is 12.8 Å². The molecule has 2 aliphatic heterocycles. The maximum Gasteiger partial charge on any atom is 0.206 e. The second kappa shape index (κ2) is 6.35. The average molecular weight is 374 g/mol. The van der Waals surface area contributed by atoms with Gasteiger partial charge in [0.2, 0.25) is 9.84 Å². The zero-order valence-corrected chi connectivity index (χ0v) is 15.8. The number of fused-ring (bicyclic) bond motifs is 3. The Kier molecular flexibility index (Phi) is 4.28.